The number of rotatable bonds is 4. The number of nitrogens with zero attached hydrogens (tertiary/aromatic N) is 1. The fraction of sp³-hybridized carbons (Fsp3) is 0.111. The summed E-state index contributed by atoms with van der Waals surface area (Å²) in [5.41, 5.74) is 1.66. The van der Waals surface area contributed by atoms with E-state index in [4.69, 9.17) is 33.0 Å². The van der Waals surface area contributed by atoms with Gasteiger partial charge in [0.2, 0.25) is 0 Å². The average molecular weight is 456 g/mol. The molecule has 3 N–H and O–H groups in total. The highest BCUT2D eigenvalue weighted by molar-refractivity contribution is 6.40. The van der Waals surface area contributed by atoms with Gasteiger partial charge in [-0.15, -0.1) is 0 Å². The lowest BCUT2D eigenvalue weighted by atomic mass is 10.1. The Morgan fingerprint density at radius 1 is 1.03 bits per heavy atom. The lowest BCUT2D eigenvalue weighted by molar-refractivity contribution is 0.0597. The van der Waals surface area contributed by atoms with Crippen LogP contribution in [0.5, 0.6) is 5.75 Å². The van der Waals surface area contributed by atoms with E-state index in [-0.39, 0.29) is 32.6 Å². The van der Waals surface area contributed by atoms with Gasteiger partial charge in [0, 0.05) is 6.07 Å². The molecule has 158 valence electrons. The van der Waals surface area contributed by atoms with Crippen LogP contribution >= 0.6 is 23.2 Å². The Hall–Kier alpha value is -3.50. The molecular formula is C18H15Cl2N3O7. The number of anilines is 1. The van der Waals surface area contributed by atoms with Crippen LogP contribution in [0.4, 0.5) is 15.3 Å². The molecule has 0 bridgehead atoms. The van der Waals surface area contributed by atoms with Crippen LogP contribution in [0.15, 0.2) is 36.4 Å². The van der Waals surface area contributed by atoms with Crippen LogP contribution in [0.2, 0.25) is 10.0 Å². The van der Waals surface area contributed by atoms with Crippen LogP contribution in [-0.4, -0.2) is 43.3 Å². The highest BCUT2D eigenvalue weighted by Crippen LogP contribution is 2.27. The van der Waals surface area contributed by atoms with E-state index < -0.39 is 24.0 Å². The molecule has 0 spiro atoms. The first-order valence-electron chi connectivity index (χ1n) is 8.05. The van der Waals surface area contributed by atoms with Gasteiger partial charge in [-0.1, -0.05) is 29.3 Å². The first kappa shape index (κ1) is 22.8. The van der Waals surface area contributed by atoms with Crippen molar-refractivity contribution in [2.24, 2.45) is 0 Å². The van der Waals surface area contributed by atoms with Gasteiger partial charge in [0.15, 0.2) is 0 Å². The number of imide groups is 1. The van der Waals surface area contributed by atoms with E-state index in [1.54, 1.807) is 0 Å². The van der Waals surface area contributed by atoms with Gasteiger partial charge in [0.1, 0.15) is 11.3 Å². The highest BCUT2D eigenvalue weighted by Gasteiger charge is 2.25. The van der Waals surface area contributed by atoms with Crippen LogP contribution in [0.3, 0.4) is 0 Å². The van der Waals surface area contributed by atoms with Crippen molar-refractivity contribution in [2.45, 2.75) is 0 Å². The third-order valence-corrected chi connectivity index (χ3v) is 4.30. The highest BCUT2D eigenvalue weighted by atomic mass is 35.5. The van der Waals surface area contributed by atoms with Crippen molar-refractivity contribution in [3.05, 3.63) is 57.6 Å². The molecule has 0 saturated carbocycles. The topological polar surface area (TPSA) is 134 Å². The minimum absolute atomic E-state index is 0.00446. The fourth-order valence-corrected chi connectivity index (χ4v) is 2.93. The molecule has 2 aromatic carbocycles. The van der Waals surface area contributed by atoms with Crippen LogP contribution in [-0.2, 0) is 4.74 Å². The predicted octanol–water partition coefficient (Wildman–Crippen LogP) is 3.33. The van der Waals surface area contributed by atoms with Crippen molar-refractivity contribution in [1.29, 1.82) is 0 Å². The van der Waals surface area contributed by atoms with Crippen molar-refractivity contribution in [3.8, 4) is 5.75 Å². The largest absolute Gasteiger partial charge is 0.496 e. The number of urea groups is 1. The number of carbonyl (C=O) groups is 4. The molecule has 0 radical (unpaired) electrons. The van der Waals surface area contributed by atoms with E-state index >= 15 is 0 Å². The molecule has 0 aromatic heterocycles. The van der Waals surface area contributed by atoms with E-state index in [0.29, 0.717) is 5.01 Å². The van der Waals surface area contributed by atoms with Gasteiger partial charge in [0.25, 0.3) is 5.91 Å². The molecule has 10 nitrogen and oxygen atoms in total. The number of benzene rings is 2. The van der Waals surface area contributed by atoms with Gasteiger partial charge in [0.05, 0.1) is 35.5 Å². The van der Waals surface area contributed by atoms with Crippen molar-refractivity contribution in [1.82, 2.24) is 10.7 Å². The molecule has 2 aromatic rings. The average Bonchev–Trinajstić information content (AvgIpc) is 2.70. The number of ether oxygens (including phenoxy) is 2. The van der Waals surface area contributed by atoms with Gasteiger partial charge in [-0.25, -0.2) is 19.8 Å². The fourth-order valence-electron chi connectivity index (χ4n) is 2.36. The summed E-state index contributed by atoms with van der Waals surface area (Å²) in [6, 6.07) is 6.86. The van der Waals surface area contributed by atoms with E-state index in [2.05, 4.69) is 4.74 Å². The van der Waals surface area contributed by atoms with Gasteiger partial charge >= 0.3 is 18.1 Å². The van der Waals surface area contributed by atoms with Crippen LogP contribution in [0, 0.1) is 0 Å². The zero-order valence-electron chi connectivity index (χ0n) is 15.6. The van der Waals surface area contributed by atoms with E-state index in [1.807, 2.05) is 10.7 Å². The third kappa shape index (κ3) is 5.10. The summed E-state index contributed by atoms with van der Waals surface area (Å²) in [5, 5.41) is 11.6. The molecule has 4 amide bonds. The molecule has 30 heavy (non-hydrogen) atoms. The third-order valence-electron chi connectivity index (χ3n) is 3.67. The zero-order valence-corrected chi connectivity index (χ0v) is 17.1. The number of hydrogen-bond donors (Lipinski definition) is 3. The smallest absolute Gasteiger partial charge is 0.424 e. The lowest BCUT2D eigenvalue weighted by Gasteiger charge is -2.22. The Bertz CT molecular complexity index is 993. The Morgan fingerprint density at radius 2 is 1.67 bits per heavy atom. The van der Waals surface area contributed by atoms with Crippen LogP contribution < -0.4 is 20.5 Å². The minimum atomic E-state index is -1.59. The SMILES string of the molecule is COC(=O)c1ccc(N(NC(=O)O)C(=O)NC(=O)c2c(Cl)cccc2Cl)cc1OC. The number of methoxy groups -OCH3 is 2. The predicted molar refractivity (Wildman–Crippen MR) is 107 cm³/mol. The number of nitrogens with one attached hydrogen (secondary N) is 2. The zero-order chi connectivity index (χ0) is 22.4. The first-order chi connectivity index (χ1) is 14.2. The molecule has 2 rings (SSSR count). The molecule has 0 aliphatic carbocycles. The number of carboxylic acid groups (broad SMARTS) is 1. The quantitative estimate of drug-likeness (QED) is 0.475. The van der Waals surface area contributed by atoms with Crippen LogP contribution in [0.25, 0.3) is 0 Å². The number of carbonyl (C=O) groups excluding carboxylic acids is 3. The van der Waals surface area contributed by atoms with E-state index in [9.17, 15) is 19.2 Å². The number of hydrazine groups is 1. The second-order valence-corrected chi connectivity index (χ2v) is 6.30. The Morgan fingerprint density at radius 3 is 2.20 bits per heavy atom. The Labute approximate surface area is 180 Å². The molecule has 0 aliphatic rings. The lowest BCUT2D eigenvalue weighted by Crippen LogP contribution is -2.52. The van der Waals surface area contributed by atoms with E-state index in [1.165, 1.54) is 50.6 Å². The molecular weight excluding hydrogens is 441 g/mol. The summed E-state index contributed by atoms with van der Waals surface area (Å²) in [6.07, 6.45) is -1.59. The summed E-state index contributed by atoms with van der Waals surface area (Å²) in [7, 11) is 2.44. The maximum atomic E-state index is 12.6. The second-order valence-electron chi connectivity index (χ2n) is 5.48. The maximum absolute atomic E-state index is 12.6. The van der Waals surface area contributed by atoms with Crippen molar-refractivity contribution < 1.29 is 33.8 Å². The maximum Gasteiger partial charge on any atom is 0.424 e. The normalized spacial score (nSPS) is 10.0. The number of hydrogen-bond acceptors (Lipinski definition) is 6. The van der Waals surface area contributed by atoms with Gasteiger partial charge < -0.3 is 14.6 Å². The van der Waals surface area contributed by atoms with Crippen molar-refractivity contribution >= 4 is 52.9 Å². The van der Waals surface area contributed by atoms with Crippen molar-refractivity contribution in [2.75, 3.05) is 19.2 Å². The Kier molecular flexibility index (Phi) is 7.45. The molecule has 12 heteroatoms. The molecule has 0 unspecified atom stereocenters. The molecule has 0 saturated heterocycles. The summed E-state index contributed by atoms with van der Waals surface area (Å²) < 4.78 is 9.71. The summed E-state index contributed by atoms with van der Waals surface area (Å²) in [6.45, 7) is 0. The van der Waals surface area contributed by atoms with Gasteiger partial charge in [-0.2, -0.15) is 5.01 Å². The Balaban J connectivity index is 2.38. The number of amides is 4. The monoisotopic (exact) mass is 455 g/mol. The molecule has 0 heterocycles. The van der Waals surface area contributed by atoms with E-state index in [0.717, 1.165) is 0 Å². The van der Waals surface area contributed by atoms with Gasteiger partial charge in [-0.05, 0) is 24.3 Å². The van der Waals surface area contributed by atoms with Crippen LogP contribution in [0.1, 0.15) is 20.7 Å². The second kappa shape index (κ2) is 9.81. The standard InChI is InChI=1S/C18H15Cl2N3O7/c1-29-13-8-9(6-7-10(13)16(25)30-2)23(22-18(27)28)17(26)21-15(24)14-11(19)4-3-5-12(14)20/h3-8,22H,1-2H3,(H,27,28)(H,21,24,26). The molecule has 0 aliphatic heterocycles. The summed E-state index contributed by atoms with van der Waals surface area (Å²) in [4.78, 5) is 48.0. The summed E-state index contributed by atoms with van der Waals surface area (Å²) >= 11 is 11.9. The number of esters is 1. The summed E-state index contributed by atoms with van der Waals surface area (Å²) in [5.74, 6) is -1.65. The van der Waals surface area contributed by atoms with Gasteiger partial charge in [-0.3, -0.25) is 10.1 Å². The minimum Gasteiger partial charge on any atom is -0.496 e. The van der Waals surface area contributed by atoms with Crippen molar-refractivity contribution in [3.63, 3.8) is 0 Å². The first-order valence-corrected chi connectivity index (χ1v) is 8.80. The molecule has 0 atom stereocenters. The molecule has 0 fully saturated rings. The number of halogens is 2.